The lowest BCUT2D eigenvalue weighted by atomic mass is 9.91. The highest BCUT2D eigenvalue weighted by Crippen LogP contribution is 2.37. The zero-order chi connectivity index (χ0) is 28.0. The second-order valence-electron chi connectivity index (χ2n) is 10.9. The lowest BCUT2D eigenvalue weighted by Gasteiger charge is -2.43. The summed E-state index contributed by atoms with van der Waals surface area (Å²) in [5.41, 5.74) is -0.135. The molecule has 1 unspecified atom stereocenters. The van der Waals surface area contributed by atoms with Gasteiger partial charge < -0.3 is 14.2 Å². The maximum Gasteiger partial charge on any atom is 0.286 e. The quantitative estimate of drug-likeness (QED) is 0.0548. The van der Waals surface area contributed by atoms with Gasteiger partial charge in [0.2, 0.25) is 0 Å². The molecule has 0 bridgehead atoms. The van der Waals surface area contributed by atoms with E-state index < -0.39 is 29.2 Å². The maximum atomic E-state index is 14.0. The number of rotatable bonds is 20. The summed E-state index contributed by atoms with van der Waals surface area (Å²) < 4.78 is 73.5. The molecule has 0 amide bonds. The molecule has 0 aliphatic carbocycles. The normalized spacial score (nSPS) is 13.4. The van der Waals surface area contributed by atoms with Gasteiger partial charge in [-0.3, -0.25) is 0 Å². The fourth-order valence-electron chi connectivity index (χ4n) is 4.71. The molecule has 0 aromatic heterocycles. The fraction of sp³-hybridized carbons (Fsp3) is 0.800. The van der Waals surface area contributed by atoms with Crippen LogP contribution in [-0.2, 0) is 20.6 Å². The summed E-state index contributed by atoms with van der Waals surface area (Å²) in [6.45, 7) is 14.0. The van der Waals surface area contributed by atoms with Crippen molar-refractivity contribution in [1.82, 2.24) is 0 Å². The third kappa shape index (κ3) is 12.0. The van der Waals surface area contributed by atoms with E-state index in [9.17, 15) is 17.6 Å². The Bertz CT molecular complexity index is 741. The van der Waals surface area contributed by atoms with Gasteiger partial charge in [-0.1, -0.05) is 58.3 Å². The SMILES string of the molecule is CCCCCCCCC(CCCCCc1cc(F)c(F)c(F)c1F)C(OC(C)C)(OC(C)C)OC(C)C. The average molecular weight is 535 g/mol. The molecular weight excluding hydrogens is 484 g/mol. The third-order valence-corrected chi connectivity index (χ3v) is 6.28. The Balaban J connectivity index is 2.92. The molecule has 1 aromatic carbocycles. The van der Waals surface area contributed by atoms with E-state index in [2.05, 4.69) is 6.92 Å². The van der Waals surface area contributed by atoms with Gasteiger partial charge in [-0.25, -0.2) is 17.6 Å². The molecule has 7 heteroatoms. The molecule has 0 radical (unpaired) electrons. The third-order valence-electron chi connectivity index (χ3n) is 6.28. The first-order valence-corrected chi connectivity index (χ1v) is 14.3. The summed E-state index contributed by atoms with van der Waals surface area (Å²) >= 11 is 0. The Morgan fingerprint density at radius 1 is 0.622 bits per heavy atom. The monoisotopic (exact) mass is 534 g/mol. The number of halogens is 4. The lowest BCUT2D eigenvalue weighted by Crippen LogP contribution is -2.50. The number of unbranched alkanes of at least 4 members (excludes halogenated alkanes) is 7. The van der Waals surface area contributed by atoms with Crippen molar-refractivity contribution in [2.24, 2.45) is 5.92 Å². The van der Waals surface area contributed by atoms with Gasteiger partial charge >= 0.3 is 0 Å². The molecule has 0 saturated carbocycles. The molecule has 1 rings (SSSR count). The number of hydrogen-bond donors (Lipinski definition) is 0. The van der Waals surface area contributed by atoms with Gasteiger partial charge in [0, 0.05) is 5.92 Å². The predicted octanol–water partition coefficient (Wildman–Crippen LogP) is 9.64. The van der Waals surface area contributed by atoms with E-state index in [1.54, 1.807) is 0 Å². The number of hydrogen-bond acceptors (Lipinski definition) is 3. The van der Waals surface area contributed by atoms with Crippen LogP contribution in [0.2, 0.25) is 0 Å². The van der Waals surface area contributed by atoms with E-state index in [4.69, 9.17) is 14.2 Å². The highest BCUT2D eigenvalue weighted by molar-refractivity contribution is 5.21. The molecule has 0 spiro atoms. The van der Waals surface area contributed by atoms with Crippen molar-refractivity contribution in [3.8, 4) is 0 Å². The van der Waals surface area contributed by atoms with Crippen LogP contribution in [0.4, 0.5) is 17.6 Å². The minimum Gasteiger partial charge on any atom is -0.324 e. The zero-order valence-electron chi connectivity index (χ0n) is 24.1. The van der Waals surface area contributed by atoms with Crippen molar-refractivity contribution in [2.45, 2.75) is 150 Å². The van der Waals surface area contributed by atoms with E-state index in [1.165, 1.54) is 25.7 Å². The van der Waals surface area contributed by atoms with Crippen LogP contribution >= 0.6 is 0 Å². The van der Waals surface area contributed by atoms with Crippen LogP contribution in [0.3, 0.4) is 0 Å². The largest absolute Gasteiger partial charge is 0.324 e. The average Bonchev–Trinajstić information content (AvgIpc) is 2.79. The van der Waals surface area contributed by atoms with Gasteiger partial charge in [0.15, 0.2) is 23.3 Å². The molecule has 1 aromatic rings. The van der Waals surface area contributed by atoms with Crippen LogP contribution in [0, 0.1) is 29.2 Å². The Hall–Kier alpha value is -1.18. The Morgan fingerprint density at radius 3 is 1.57 bits per heavy atom. The standard InChI is InChI=1S/C30H50F4O3/c1-8-9-10-11-12-15-18-25(30(35-21(2)3,36-22(4)5)37-23(6)7)19-16-13-14-17-24-20-26(31)28(33)29(34)27(24)32/h20-23,25H,8-19H2,1-7H3. The molecule has 0 aliphatic rings. The van der Waals surface area contributed by atoms with Crippen LogP contribution in [0.5, 0.6) is 0 Å². The highest BCUT2D eigenvalue weighted by Gasteiger charge is 2.44. The minimum absolute atomic E-state index is 0.0108. The molecular formula is C30H50F4O3. The van der Waals surface area contributed by atoms with Crippen molar-refractivity contribution in [2.75, 3.05) is 0 Å². The lowest BCUT2D eigenvalue weighted by molar-refractivity contribution is -0.433. The molecule has 0 saturated heterocycles. The van der Waals surface area contributed by atoms with E-state index in [1.807, 2.05) is 41.5 Å². The summed E-state index contributed by atoms with van der Waals surface area (Å²) in [7, 11) is 0. The van der Waals surface area contributed by atoms with Crippen molar-refractivity contribution in [1.29, 1.82) is 0 Å². The molecule has 0 aliphatic heterocycles. The Kier molecular flexibility index (Phi) is 15.9. The van der Waals surface area contributed by atoms with Crippen LogP contribution in [-0.4, -0.2) is 24.3 Å². The van der Waals surface area contributed by atoms with Gasteiger partial charge in [-0.05, 0) is 78.9 Å². The fourth-order valence-corrected chi connectivity index (χ4v) is 4.71. The molecule has 37 heavy (non-hydrogen) atoms. The summed E-state index contributed by atoms with van der Waals surface area (Å²) in [6.07, 6.45) is 10.6. The van der Waals surface area contributed by atoms with Crippen LogP contribution < -0.4 is 0 Å². The first-order chi connectivity index (χ1) is 17.4. The molecule has 3 nitrogen and oxygen atoms in total. The van der Waals surface area contributed by atoms with Crippen molar-refractivity contribution < 1.29 is 31.8 Å². The second kappa shape index (κ2) is 17.4. The van der Waals surface area contributed by atoms with Crippen molar-refractivity contribution in [3.05, 3.63) is 34.9 Å². The molecule has 216 valence electrons. The van der Waals surface area contributed by atoms with E-state index in [-0.39, 0.29) is 36.2 Å². The van der Waals surface area contributed by atoms with Crippen molar-refractivity contribution in [3.63, 3.8) is 0 Å². The van der Waals surface area contributed by atoms with Gasteiger partial charge in [0.05, 0.1) is 18.3 Å². The van der Waals surface area contributed by atoms with Crippen LogP contribution in [0.15, 0.2) is 6.07 Å². The number of benzene rings is 1. The second-order valence-corrected chi connectivity index (χ2v) is 10.9. The van der Waals surface area contributed by atoms with Crippen molar-refractivity contribution >= 4 is 0 Å². The molecule has 1 atom stereocenters. The molecule has 0 heterocycles. The van der Waals surface area contributed by atoms with E-state index in [0.29, 0.717) is 12.8 Å². The zero-order valence-corrected chi connectivity index (χ0v) is 24.1. The Morgan fingerprint density at radius 2 is 1.08 bits per heavy atom. The topological polar surface area (TPSA) is 27.7 Å². The van der Waals surface area contributed by atoms with Crippen LogP contribution in [0.25, 0.3) is 0 Å². The number of aryl methyl sites for hydroxylation is 1. The summed E-state index contributed by atoms with van der Waals surface area (Å²) in [5, 5.41) is 0. The highest BCUT2D eigenvalue weighted by atomic mass is 19.2. The summed E-state index contributed by atoms with van der Waals surface area (Å²) in [4.78, 5) is 0. The molecule has 0 N–H and O–H groups in total. The summed E-state index contributed by atoms with van der Waals surface area (Å²) in [6, 6.07) is 0.754. The van der Waals surface area contributed by atoms with Crippen LogP contribution in [0.1, 0.15) is 125 Å². The minimum atomic E-state index is -1.77. The predicted molar refractivity (Wildman–Crippen MR) is 141 cm³/mol. The first kappa shape index (κ1) is 33.8. The van der Waals surface area contributed by atoms with E-state index >= 15 is 0 Å². The van der Waals surface area contributed by atoms with Gasteiger partial charge in [-0.15, -0.1) is 0 Å². The van der Waals surface area contributed by atoms with Gasteiger partial charge in [0.1, 0.15) is 0 Å². The summed E-state index contributed by atoms with van der Waals surface area (Å²) in [5.74, 6) is -7.37. The smallest absolute Gasteiger partial charge is 0.286 e. The Labute approximate surface area is 222 Å². The number of ether oxygens (including phenoxy) is 3. The molecule has 0 fully saturated rings. The van der Waals surface area contributed by atoms with Gasteiger partial charge in [-0.2, -0.15) is 0 Å². The van der Waals surface area contributed by atoms with Gasteiger partial charge in [0.25, 0.3) is 5.97 Å². The maximum absolute atomic E-state index is 14.0. The van der Waals surface area contributed by atoms with E-state index in [0.717, 1.165) is 38.2 Å². The first-order valence-electron chi connectivity index (χ1n) is 14.3.